The molecule has 0 atom stereocenters. The monoisotopic (exact) mass is 347 g/mol. The summed E-state index contributed by atoms with van der Waals surface area (Å²) in [5, 5.41) is 16.5. The Hall–Kier alpha value is -2.92. The smallest absolute Gasteiger partial charge is 0.143 e. The number of anilines is 2. The summed E-state index contributed by atoms with van der Waals surface area (Å²) in [6, 6.07) is 13.9. The first kappa shape index (κ1) is 15.6. The molecule has 4 aromatic rings. The normalized spacial score (nSPS) is 11.0. The number of nitrogens with one attached hydrogen (secondary N) is 1. The topological polar surface area (TPSA) is 58.0 Å². The molecule has 0 saturated carbocycles. The summed E-state index contributed by atoms with van der Waals surface area (Å²) in [6.07, 6.45) is 1.55. The molecule has 0 spiro atoms. The van der Waals surface area contributed by atoms with Gasteiger partial charge in [-0.2, -0.15) is 0 Å². The van der Waals surface area contributed by atoms with Crippen LogP contribution in [0.1, 0.15) is 11.1 Å². The molecule has 0 amide bonds. The van der Waals surface area contributed by atoms with E-state index in [0.717, 1.165) is 26.9 Å². The fraction of sp³-hybridized carbons (Fsp3) is 0.100. The van der Waals surface area contributed by atoms with Crippen LogP contribution >= 0.6 is 11.3 Å². The lowest BCUT2D eigenvalue weighted by atomic mass is 10.0. The molecule has 0 radical (unpaired) electrons. The number of phenolic OH excluding ortho intramolecular Hbond substituents is 1. The van der Waals surface area contributed by atoms with Crippen LogP contribution in [0.4, 0.5) is 11.5 Å². The Morgan fingerprint density at radius 1 is 0.960 bits per heavy atom. The molecule has 124 valence electrons. The van der Waals surface area contributed by atoms with E-state index in [4.69, 9.17) is 0 Å². The van der Waals surface area contributed by atoms with Crippen molar-refractivity contribution in [1.29, 1.82) is 0 Å². The molecule has 4 rings (SSSR count). The van der Waals surface area contributed by atoms with Gasteiger partial charge < -0.3 is 10.4 Å². The fourth-order valence-corrected chi connectivity index (χ4v) is 3.71. The first-order chi connectivity index (χ1) is 12.1. The highest BCUT2D eigenvalue weighted by Crippen LogP contribution is 2.38. The van der Waals surface area contributed by atoms with Crippen LogP contribution in [0.5, 0.6) is 5.75 Å². The fourth-order valence-electron chi connectivity index (χ4n) is 2.79. The summed E-state index contributed by atoms with van der Waals surface area (Å²) < 4.78 is 0. The second kappa shape index (κ2) is 6.18. The van der Waals surface area contributed by atoms with Crippen molar-refractivity contribution < 1.29 is 5.11 Å². The summed E-state index contributed by atoms with van der Waals surface area (Å²) in [4.78, 5) is 9.73. The van der Waals surface area contributed by atoms with Gasteiger partial charge in [-0.15, -0.1) is 11.3 Å². The first-order valence-corrected chi connectivity index (χ1v) is 8.85. The van der Waals surface area contributed by atoms with Gasteiger partial charge in [0, 0.05) is 10.9 Å². The van der Waals surface area contributed by atoms with Gasteiger partial charge in [0.1, 0.15) is 22.7 Å². The number of hydrogen-bond acceptors (Lipinski definition) is 5. The molecule has 0 unspecified atom stereocenters. The van der Waals surface area contributed by atoms with Crippen molar-refractivity contribution >= 4 is 33.1 Å². The Morgan fingerprint density at radius 3 is 2.52 bits per heavy atom. The van der Waals surface area contributed by atoms with Crippen LogP contribution in [0, 0.1) is 13.8 Å². The van der Waals surface area contributed by atoms with Crippen molar-refractivity contribution in [3.63, 3.8) is 0 Å². The zero-order valence-corrected chi connectivity index (χ0v) is 14.8. The van der Waals surface area contributed by atoms with E-state index in [2.05, 4.69) is 51.9 Å². The minimum absolute atomic E-state index is 0.199. The highest BCUT2D eigenvalue weighted by Gasteiger charge is 2.14. The molecule has 0 fully saturated rings. The molecule has 0 aliphatic carbocycles. The molecule has 2 heterocycles. The van der Waals surface area contributed by atoms with Crippen molar-refractivity contribution in [2.45, 2.75) is 13.8 Å². The lowest BCUT2D eigenvalue weighted by molar-refractivity contribution is 0.477. The van der Waals surface area contributed by atoms with Crippen LogP contribution in [0.15, 0.2) is 54.2 Å². The highest BCUT2D eigenvalue weighted by atomic mass is 32.1. The standard InChI is InChI=1S/C20H17N3OS/c1-12-3-6-14(7-4-12)15-10-25-20-18(15)19(21-11-22-20)23-16-9-13(2)5-8-17(16)24/h3-11,24H,1-2H3,(H,21,22,23). The average Bonchev–Trinajstić information content (AvgIpc) is 3.04. The molecule has 0 saturated heterocycles. The Kier molecular flexibility index (Phi) is 3.86. The minimum atomic E-state index is 0.199. The van der Waals surface area contributed by atoms with Crippen LogP contribution in [0.3, 0.4) is 0 Å². The number of thiophene rings is 1. The van der Waals surface area contributed by atoms with Crippen LogP contribution in [0.25, 0.3) is 21.3 Å². The van der Waals surface area contributed by atoms with Crippen LogP contribution in [-0.4, -0.2) is 15.1 Å². The van der Waals surface area contributed by atoms with E-state index in [1.54, 1.807) is 23.7 Å². The van der Waals surface area contributed by atoms with Gasteiger partial charge in [0.05, 0.1) is 11.1 Å². The predicted octanol–water partition coefficient (Wildman–Crippen LogP) is 5.42. The van der Waals surface area contributed by atoms with Crippen molar-refractivity contribution in [2.75, 3.05) is 5.32 Å². The van der Waals surface area contributed by atoms with Crippen molar-refractivity contribution in [1.82, 2.24) is 9.97 Å². The average molecular weight is 347 g/mol. The zero-order chi connectivity index (χ0) is 17.4. The molecule has 2 aromatic heterocycles. The molecular weight excluding hydrogens is 330 g/mol. The Balaban J connectivity index is 1.85. The Morgan fingerprint density at radius 2 is 1.72 bits per heavy atom. The van der Waals surface area contributed by atoms with Crippen LogP contribution in [0.2, 0.25) is 0 Å². The quantitative estimate of drug-likeness (QED) is 0.486. The van der Waals surface area contributed by atoms with Gasteiger partial charge in [0.15, 0.2) is 0 Å². The van der Waals surface area contributed by atoms with E-state index in [0.29, 0.717) is 11.5 Å². The van der Waals surface area contributed by atoms with Gasteiger partial charge in [-0.05, 0) is 37.1 Å². The molecule has 2 N–H and O–H groups in total. The third kappa shape index (κ3) is 2.94. The number of fused-ring (bicyclic) bond motifs is 1. The summed E-state index contributed by atoms with van der Waals surface area (Å²) in [7, 11) is 0. The number of benzene rings is 2. The summed E-state index contributed by atoms with van der Waals surface area (Å²) in [5.41, 5.74) is 5.15. The lowest BCUT2D eigenvalue weighted by Crippen LogP contribution is -1.96. The second-order valence-corrected chi connectivity index (χ2v) is 6.92. The third-order valence-corrected chi connectivity index (χ3v) is 5.02. The van der Waals surface area contributed by atoms with Gasteiger partial charge in [-0.25, -0.2) is 9.97 Å². The molecule has 4 nitrogen and oxygen atoms in total. The van der Waals surface area contributed by atoms with E-state index in [1.165, 1.54) is 5.56 Å². The summed E-state index contributed by atoms with van der Waals surface area (Å²) >= 11 is 1.59. The van der Waals surface area contributed by atoms with E-state index < -0.39 is 0 Å². The molecule has 5 heteroatoms. The number of aryl methyl sites for hydroxylation is 2. The maximum absolute atomic E-state index is 10.1. The van der Waals surface area contributed by atoms with Gasteiger partial charge in [-0.3, -0.25) is 0 Å². The molecule has 0 bridgehead atoms. The lowest BCUT2D eigenvalue weighted by Gasteiger charge is -2.10. The molecule has 0 aliphatic heterocycles. The number of aromatic nitrogens is 2. The van der Waals surface area contributed by atoms with E-state index in [9.17, 15) is 5.11 Å². The minimum Gasteiger partial charge on any atom is -0.506 e. The predicted molar refractivity (Wildman–Crippen MR) is 104 cm³/mol. The van der Waals surface area contributed by atoms with E-state index in [-0.39, 0.29) is 5.75 Å². The van der Waals surface area contributed by atoms with Gasteiger partial charge in [0.25, 0.3) is 0 Å². The highest BCUT2D eigenvalue weighted by molar-refractivity contribution is 7.17. The summed E-state index contributed by atoms with van der Waals surface area (Å²) in [6.45, 7) is 4.06. The summed E-state index contributed by atoms with van der Waals surface area (Å²) in [5.74, 6) is 0.896. The van der Waals surface area contributed by atoms with E-state index in [1.807, 2.05) is 19.1 Å². The number of nitrogens with zero attached hydrogens (tertiary/aromatic N) is 2. The van der Waals surface area contributed by atoms with Gasteiger partial charge >= 0.3 is 0 Å². The third-order valence-electron chi connectivity index (χ3n) is 4.14. The Labute approximate surface area is 149 Å². The van der Waals surface area contributed by atoms with Crippen molar-refractivity contribution in [3.05, 3.63) is 65.3 Å². The first-order valence-electron chi connectivity index (χ1n) is 7.98. The maximum atomic E-state index is 10.1. The maximum Gasteiger partial charge on any atom is 0.143 e. The largest absolute Gasteiger partial charge is 0.506 e. The molecular formula is C20H17N3OS. The number of rotatable bonds is 3. The molecule has 25 heavy (non-hydrogen) atoms. The van der Waals surface area contributed by atoms with Crippen LogP contribution in [-0.2, 0) is 0 Å². The van der Waals surface area contributed by atoms with Crippen molar-refractivity contribution in [2.24, 2.45) is 0 Å². The van der Waals surface area contributed by atoms with E-state index >= 15 is 0 Å². The molecule has 2 aromatic carbocycles. The SMILES string of the molecule is Cc1ccc(-c2csc3ncnc(Nc4cc(C)ccc4O)c23)cc1. The Bertz CT molecular complexity index is 1050. The number of hydrogen-bond donors (Lipinski definition) is 2. The van der Waals surface area contributed by atoms with Gasteiger partial charge in [-0.1, -0.05) is 35.9 Å². The van der Waals surface area contributed by atoms with Crippen molar-refractivity contribution in [3.8, 4) is 16.9 Å². The number of aromatic hydroxyl groups is 1. The van der Waals surface area contributed by atoms with Crippen LogP contribution < -0.4 is 5.32 Å². The number of phenols is 1. The molecule has 0 aliphatic rings. The van der Waals surface area contributed by atoms with Gasteiger partial charge in [0.2, 0.25) is 0 Å². The zero-order valence-electron chi connectivity index (χ0n) is 13.9. The second-order valence-electron chi connectivity index (χ2n) is 6.06.